The van der Waals surface area contributed by atoms with Gasteiger partial charge in [0, 0.05) is 7.11 Å². The van der Waals surface area contributed by atoms with Crippen LogP contribution >= 0.6 is 0 Å². The van der Waals surface area contributed by atoms with Crippen LogP contribution in [-0.2, 0) is 9.47 Å². The highest BCUT2D eigenvalue weighted by Gasteiger charge is 2.28. The Bertz CT molecular complexity index is 555. The van der Waals surface area contributed by atoms with Gasteiger partial charge in [-0.05, 0) is 12.8 Å². The van der Waals surface area contributed by atoms with Gasteiger partial charge in [0.1, 0.15) is 18.1 Å². The van der Waals surface area contributed by atoms with E-state index < -0.39 is 0 Å². The van der Waals surface area contributed by atoms with Crippen LogP contribution in [0.25, 0.3) is 11.2 Å². The third-order valence-corrected chi connectivity index (χ3v) is 3.14. The molecule has 0 aliphatic carbocycles. The summed E-state index contributed by atoms with van der Waals surface area (Å²) < 4.78 is 12.9. The van der Waals surface area contributed by atoms with Gasteiger partial charge in [0.25, 0.3) is 0 Å². The molecule has 1 saturated heterocycles. The van der Waals surface area contributed by atoms with Crippen LogP contribution in [0.15, 0.2) is 12.7 Å². The SMILES string of the molecule is COC[C@@H]1CCC(n2cnc3c(N)ncnc32)O1. The van der Waals surface area contributed by atoms with Gasteiger partial charge in [-0.25, -0.2) is 15.0 Å². The molecule has 1 fully saturated rings. The number of anilines is 1. The summed E-state index contributed by atoms with van der Waals surface area (Å²) in [5, 5.41) is 0. The van der Waals surface area contributed by atoms with Crippen molar-refractivity contribution in [3.05, 3.63) is 12.7 Å². The topological polar surface area (TPSA) is 88.1 Å². The van der Waals surface area contributed by atoms with E-state index in [1.807, 2.05) is 4.57 Å². The van der Waals surface area contributed by atoms with E-state index in [1.54, 1.807) is 13.4 Å². The molecular formula is C11H15N5O2. The second-order valence-electron chi connectivity index (χ2n) is 4.33. The molecule has 1 unspecified atom stereocenters. The summed E-state index contributed by atoms with van der Waals surface area (Å²) in [6.07, 6.45) is 5.12. The summed E-state index contributed by atoms with van der Waals surface area (Å²) in [6, 6.07) is 0. The number of imidazole rings is 1. The first-order valence-electron chi connectivity index (χ1n) is 5.87. The van der Waals surface area contributed by atoms with E-state index >= 15 is 0 Å². The standard InChI is InChI=1S/C11H15N5O2/c1-17-4-7-2-3-8(18-7)16-6-15-9-10(12)13-5-14-11(9)16/h5-8H,2-4H2,1H3,(H2,12,13,14)/t7-,8?/m0/s1. The number of hydrogen-bond donors (Lipinski definition) is 1. The number of methoxy groups -OCH3 is 1. The van der Waals surface area contributed by atoms with E-state index in [0.717, 1.165) is 12.8 Å². The van der Waals surface area contributed by atoms with Crippen molar-refractivity contribution in [1.82, 2.24) is 19.5 Å². The van der Waals surface area contributed by atoms with E-state index in [2.05, 4.69) is 15.0 Å². The molecule has 2 aromatic heterocycles. The Hall–Kier alpha value is -1.73. The molecule has 1 aliphatic rings. The quantitative estimate of drug-likeness (QED) is 0.862. The van der Waals surface area contributed by atoms with Crippen LogP contribution in [0, 0.1) is 0 Å². The minimum atomic E-state index is -0.0514. The van der Waals surface area contributed by atoms with Crippen molar-refractivity contribution in [2.75, 3.05) is 19.5 Å². The molecule has 0 amide bonds. The number of rotatable bonds is 3. The van der Waals surface area contributed by atoms with Crippen LogP contribution in [-0.4, -0.2) is 39.3 Å². The van der Waals surface area contributed by atoms with E-state index in [1.165, 1.54) is 6.33 Å². The molecule has 0 aromatic carbocycles. The Morgan fingerprint density at radius 2 is 2.33 bits per heavy atom. The first-order chi connectivity index (χ1) is 8.79. The van der Waals surface area contributed by atoms with Crippen LogP contribution in [0.2, 0.25) is 0 Å². The maximum Gasteiger partial charge on any atom is 0.167 e. The number of aromatic nitrogens is 4. The normalized spacial score (nSPS) is 23.8. The molecule has 3 rings (SSSR count). The Balaban J connectivity index is 1.89. The van der Waals surface area contributed by atoms with Gasteiger partial charge in [-0.3, -0.25) is 4.57 Å². The summed E-state index contributed by atoms with van der Waals surface area (Å²) in [7, 11) is 1.68. The Morgan fingerprint density at radius 1 is 1.44 bits per heavy atom. The number of hydrogen-bond acceptors (Lipinski definition) is 6. The molecule has 3 heterocycles. The molecule has 2 atom stereocenters. The van der Waals surface area contributed by atoms with Crippen molar-refractivity contribution in [3.63, 3.8) is 0 Å². The molecule has 0 bridgehead atoms. The molecule has 7 nitrogen and oxygen atoms in total. The number of nitrogens with two attached hydrogens (primary N) is 1. The highest BCUT2D eigenvalue weighted by atomic mass is 16.5. The first-order valence-corrected chi connectivity index (χ1v) is 5.87. The molecule has 96 valence electrons. The zero-order chi connectivity index (χ0) is 12.5. The predicted molar refractivity (Wildman–Crippen MR) is 64.8 cm³/mol. The minimum absolute atomic E-state index is 0.0514. The fourth-order valence-corrected chi connectivity index (χ4v) is 2.28. The number of nitrogen functional groups attached to an aromatic ring is 1. The summed E-state index contributed by atoms with van der Waals surface area (Å²) in [4.78, 5) is 12.4. The van der Waals surface area contributed by atoms with Crippen LogP contribution < -0.4 is 5.73 Å². The second-order valence-corrected chi connectivity index (χ2v) is 4.33. The van der Waals surface area contributed by atoms with Gasteiger partial charge in [0.15, 0.2) is 11.5 Å². The van der Waals surface area contributed by atoms with Crippen molar-refractivity contribution in [2.24, 2.45) is 0 Å². The fourth-order valence-electron chi connectivity index (χ4n) is 2.28. The average Bonchev–Trinajstić information content (AvgIpc) is 2.96. The highest BCUT2D eigenvalue weighted by molar-refractivity contribution is 5.81. The predicted octanol–water partition coefficient (Wildman–Crippen LogP) is 0.732. The van der Waals surface area contributed by atoms with Crippen molar-refractivity contribution in [2.45, 2.75) is 25.2 Å². The summed E-state index contributed by atoms with van der Waals surface area (Å²) in [6.45, 7) is 0.611. The van der Waals surface area contributed by atoms with E-state index in [0.29, 0.717) is 23.6 Å². The second kappa shape index (κ2) is 4.51. The Labute approximate surface area is 104 Å². The molecule has 2 N–H and O–H groups in total. The molecule has 18 heavy (non-hydrogen) atoms. The van der Waals surface area contributed by atoms with Crippen molar-refractivity contribution >= 4 is 17.0 Å². The number of fused-ring (bicyclic) bond motifs is 1. The molecule has 2 aromatic rings. The molecule has 1 aliphatic heterocycles. The maximum absolute atomic E-state index is 5.89. The molecule has 0 radical (unpaired) electrons. The van der Waals surface area contributed by atoms with Crippen LogP contribution in [0.5, 0.6) is 0 Å². The summed E-state index contributed by atoms with van der Waals surface area (Å²) >= 11 is 0. The van der Waals surface area contributed by atoms with E-state index in [-0.39, 0.29) is 12.3 Å². The Morgan fingerprint density at radius 3 is 3.17 bits per heavy atom. The largest absolute Gasteiger partial charge is 0.382 e. The summed E-state index contributed by atoms with van der Waals surface area (Å²) in [5.41, 5.74) is 7.09. The van der Waals surface area contributed by atoms with Gasteiger partial charge >= 0.3 is 0 Å². The minimum Gasteiger partial charge on any atom is -0.382 e. The summed E-state index contributed by atoms with van der Waals surface area (Å²) in [5.74, 6) is 0.394. The molecular weight excluding hydrogens is 234 g/mol. The molecule has 0 saturated carbocycles. The fraction of sp³-hybridized carbons (Fsp3) is 0.545. The monoisotopic (exact) mass is 249 g/mol. The number of ether oxygens (including phenoxy) is 2. The lowest BCUT2D eigenvalue weighted by atomic mass is 10.2. The van der Waals surface area contributed by atoms with E-state index in [9.17, 15) is 0 Å². The van der Waals surface area contributed by atoms with Crippen molar-refractivity contribution < 1.29 is 9.47 Å². The lowest BCUT2D eigenvalue weighted by molar-refractivity contribution is -0.0300. The van der Waals surface area contributed by atoms with Crippen LogP contribution in [0.3, 0.4) is 0 Å². The smallest absolute Gasteiger partial charge is 0.167 e. The zero-order valence-corrected chi connectivity index (χ0v) is 10.1. The lowest BCUT2D eigenvalue weighted by Gasteiger charge is -2.14. The van der Waals surface area contributed by atoms with Gasteiger partial charge in [-0.1, -0.05) is 0 Å². The Kier molecular flexibility index (Phi) is 2.85. The van der Waals surface area contributed by atoms with Gasteiger partial charge < -0.3 is 15.2 Å². The lowest BCUT2D eigenvalue weighted by Crippen LogP contribution is -2.15. The zero-order valence-electron chi connectivity index (χ0n) is 10.1. The van der Waals surface area contributed by atoms with E-state index in [4.69, 9.17) is 15.2 Å². The third-order valence-electron chi connectivity index (χ3n) is 3.14. The molecule has 7 heteroatoms. The van der Waals surface area contributed by atoms with Gasteiger partial charge in [-0.2, -0.15) is 0 Å². The van der Waals surface area contributed by atoms with Crippen LogP contribution in [0.4, 0.5) is 5.82 Å². The highest BCUT2D eigenvalue weighted by Crippen LogP contribution is 2.30. The number of nitrogens with zero attached hydrogens (tertiary/aromatic N) is 4. The van der Waals surface area contributed by atoms with Crippen LogP contribution in [0.1, 0.15) is 19.1 Å². The third kappa shape index (κ3) is 1.81. The van der Waals surface area contributed by atoms with Crippen molar-refractivity contribution in [1.29, 1.82) is 0 Å². The van der Waals surface area contributed by atoms with Gasteiger partial charge in [0.05, 0.1) is 19.0 Å². The first kappa shape index (κ1) is 11.4. The van der Waals surface area contributed by atoms with Gasteiger partial charge in [-0.15, -0.1) is 0 Å². The average molecular weight is 249 g/mol. The maximum atomic E-state index is 5.89. The van der Waals surface area contributed by atoms with Gasteiger partial charge in [0.2, 0.25) is 0 Å². The van der Waals surface area contributed by atoms with Crippen molar-refractivity contribution in [3.8, 4) is 0 Å². The molecule has 0 spiro atoms.